The van der Waals surface area contributed by atoms with E-state index in [0.717, 1.165) is 29.9 Å². The maximum Gasteiger partial charge on any atom is 0.259 e. The number of rotatable bonds is 14. The van der Waals surface area contributed by atoms with Crippen molar-refractivity contribution >= 4 is 29.3 Å². The van der Waals surface area contributed by atoms with E-state index in [1.165, 1.54) is 11.8 Å². The standard InChI is InChI=1S/C27H37ClN2O2S/c1-8-17-30(27(31)22(7)33-10-3)18-16-21(6)29-24-14-12-11-13-15-26(24)32-25(9-2)23(28)19-20(4)5/h9-14,19,21,29H,2-3,7-8,15-18H2,1,4-6H3/b25-23-. The molecule has 33 heavy (non-hydrogen) atoms. The van der Waals surface area contributed by atoms with Gasteiger partial charge in [0, 0.05) is 25.6 Å². The summed E-state index contributed by atoms with van der Waals surface area (Å²) in [6.45, 7) is 20.8. The van der Waals surface area contributed by atoms with Gasteiger partial charge in [0.25, 0.3) is 5.91 Å². The van der Waals surface area contributed by atoms with E-state index in [0.29, 0.717) is 35.2 Å². The summed E-state index contributed by atoms with van der Waals surface area (Å²) >= 11 is 7.69. The molecule has 1 N–H and O–H groups in total. The Morgan fingerprint density at radius 2 is 2.06 bits per heavy atom. The first kappa shape index (κ1) is 28.7. The van der Waals surface area contributed by atoms with Gasteiger partial charge in [0.05, 0.1) is 15.6 Å². The third kappa shape index (κ3) is 10.4. The van der Waals surface area contributed by atoms with Crippen molar-refractivity contribution in [2.24, 2.45) is 0 Å². The van der Waals surface area contributed by atoms with Gasteiger partial charge >= 0.3 is 0 Å². The number of ether oxygens (including phenoxy) is 1. The lowest BCUT2D eigenvalue weighted by atomic mass is 10.2. The van der Waals surface area contributed by atoms with Crippen molar-refractivity contribution in [2.45, 2.75) is 53.0 Å². The fourth-order valence-corrected chi connectivity index (χ4v) is 3.84. The number of carbonyl (C=O) groups is 1. The Labute approximate surface area is 209 Å². The predicted octanol–water partition coefficient (Wildman–Crippen LogP) is 7.33. The van der Waals surface area contributed by atoms with E-state index >= 15 is 0 Å². The van der Waals surface area contributed by atoms with Crippen molar-refractivity contribution in [3.8, 4) is 0 Å². The van der Waals surface area contributed by atoms with Crippen LogP contribution in [0.3, 0.4) is 0 Å². The summed E-state index contributed by atoms with van der Waals surface area (Å²) in [6, 6.07) is 0.109. The number of carbonyl (C=O) groups excluding carboxylic acids is 1. The molecule has 0 radical (unpaired) electrons. The molecule has 0 heterocycles. The first-order valence-electron chi connectivity index (χ1n) is 11.2. The van der Waals surface area contributed by atoms with Crippen LogP contribution in [0.25, 0.3) is 0 Å². The van der Waals surface area contributed by atoms with Gasteiger partial charge in [0.15, 0.2) is 0 Å². The second kappa shape index (κ2) is 15.5. The summed E-state index contributed by atoms with van der Waals surface area (Å²) in [5.74, 6) is 1.24. The van der Waals surface area contributed by atoms with Gasteiger partial charge in [-0.2, -0.15) is 0 Å². The molecule has 1 aliphatic carbocycles. The highest BCUT2D eigenvalue weighted by atomic mass is 35.5. The molecule has 6 heteroatoms. The zero-order chi connectivity index (χ0) is 24.8. The molecule has 0 bridgehead atoms. The van der Waals surface area contributed by atoms with Crippen molar-refractivity contribution in [3.05, 3.63) is 94.3 Å². The van der Waals surface area contributed by atoms with E-state index in [1.54, 1.807) is 11.5 Å². The fourth-order valence-electron chi connectivity index (χ4n) is 3.08. The van der Waals surface area contributed by atoms with E-state index in [4.69, 9.17) is 16.3 Å². The van der Waals surface area contributed by atoms with Crippen molar-refractivity contribution in [2.75, 3.05) is 13.1 Å². The minimum atomic E-state index is -0.0366. The largest absolute Gasteiger partial charge is 0.458 e. The van der Waals surface area contributed by atoms with E-state index in [2.05, 4.69) is 38.9 Å². The molecule has 0 aromatic heterocycles. The Bertz CT molecular complexity index is 877. The van der Waals surface area contributed by atoms with Crippen molar-refractivity contribution in [3.63, 3.8) is 0 Å². The molecule has 0 aromatic carbocycles. The highest BCUT2D eigenvalue weighted by Gasteiger charge is 2.18. The molecule has 1 atom stereocenters. The van der Waals surface area contributed by atoms with E-state index in [9.17, 15) is 4.79 Å². The average Bonchev–Trinajstić information content (AvgIpc) is 2.98. The fraction of sp³-hybridized carbons (Fsp3) is 0.370. The Morgan fingerprint density at radius 3 is 2.67 bits per heavy atom. The van der Waals surface area contributed by atoms with Gasteiger partial charge in [-0.15, -0.1) is 0 Å². The Hall–Kier alpha value is -2.37. The van der Waals surface area contributed by atoms with E-state index in [1.807, 2.05) is 49.1 Å². The van der Waals surface area contributed by atoms with Crippen LogP contribution in [-0.2, 0) is 9.53 Å². The molecular formula is C27H37ClN2O2S. The smallest absolute Gasteiger partial charge is 0.259 e. The second-order valence-electron chi connectivity index (χ2n) is 7.90. The second-order valence-corrected chi connectivity index (χ2v) is 9.37. The monoisotopic (exact) mass is 488 g/mol. The summed E-state index contributed by atoms with van der Waals surface area (Å²) in [5, 5.41) is 5.68. The van der Waals surface area contributed by atoms with E-state index in [-0.39, 0.29) is 11.9 Å². The molecular weight excluding hydrogens is 452 g/mol. The molecule has 1 aliphatic rings. The van der Waals surface area contributed by atoms with Crippen LogP contribution in [0.15, 0.2) is 94.3 Å². The number of nitrogens with zero attached hydrogens (tertiary/aromatic N) is 1. The Kier molecular flexibility index (Phi) is 13.4. The molecule has 4 nitrogen and oxygen atoms in total. The van der Waals surface area contributed by atoms with Crippen LogP contribution in [0.4, 0.5) is 0 Å². The van der Waals surface area contributed by atoms with Crippen molar-refractivity contribution < 1.29 is 9.53 Å². The van der Waals surface area contributed by atoms with Crippen LogP contribution < -0.4 is 5.32 Å². The minimum Gasteiger partial charge on any atom is -0.458 e. The third-order valence-electron chi connectivity index (χ3n) is 4.66. The van der Waals surface area contributed by atoms with Gasteiger partial charge < -0.3 is 15.0 Å². The molecule has 1 amide bonds. The van der Waals surface area contributed by atoms with Gasteiger partial charge in [-0.25, -0.2) is 0 Å². The molecule has 0 aliphatic heterocycles. The van der Waals surface area contributed by atoms with Gasteiger partial charge in [-0.3, -0.25) is 4.79 Å². The maximum absolute atomic E-state index is 12.7. The Balaban J connectivity index is 2.97. The van der Waals surface area contributed by atoms with Crippen LogP contribution in [0.5, 0.6) is 0 Å². The van der Waals surface area contributed by atoms with Crippen LogP contribution >= 0.6 is 23.4 Å². The van der Waals surface area contributed by atoms with Crippen LogP contribution in [0, 0.1) is 0 Å². The van der Waals surface area contributed by atoms with Gasteiger partial charge in [-0.1, -0.05) is 73.8 Å². The number of nitrogens with one attached hydrogen (secondary N) is 1. The van der Waals surface area contributed by atoms with Gasteiger partial charge in [-0.05, 0) is 57.2 Å². The van der Waals surface area contributed by atoms with Crippen molar-refractivity contribution in [1.29, 1.82) is 0 Å². The molecule has 1 rings (SSSR count). The first-order chi connectivity index (χ1) is 15.7. The third-order valence-corrected chi connectivity index (χ3v) is 5.58. The maximum atomic E-state index is 12.7. The predicted molar refractivity (Wildman–Crippen MR) is 145 cm³/mol. The highest BCUT2D eigenvalue weighted by molar-refractivity contribution is 8.06. The number of hydrogen-bond acceptors (Lipinski definition) is 4. The lowest BCUT2D eigenvalue weighted by Crippen LogP contribution is -2.36. The number of thioether (sulfide) groups is 1. The zero-order valence-corrected chi connectivity index (χ0v) is 21.9. The summed E-state index contributed by atoms with van der Waals surface area (Å²) in [7, 11) is 0. The summed E-state index contributed by atoms with van der Waals surface area (Å²) in [5.41, 5.74) is 1.96. The summed E-state index contributed by atoms with van der Waals surface area (Å²) < 4.78 is 6.17. The minimum absolute atomic E-state index is 0.0366. The molecule has 0 aromatic rings. The summed E-state index contributed by atoms with van der Waals surface area (Å²) in [6.07, 6.45) is 13.8. The number of hydrogen-bond donors (Lipinski definition) is 1. The Morgan fingerprint density at radius 1 is 1.33 bits per heavy atom. The lowest BCUT2D eigenvalue weighted by Gasteiger charge is -2.25. The number of halogens is 1. The van der Waals surface area contributed by atoms with E-state index < -0.39 is 0 Å². The normalized spacial score (nSPS) is 14.6. The van der Waals surface area contributed by atoms with Gasteiger partial charge in [0.2, 0.25) is 0 Å². The highest BCUT2D eigenvalue weighted by Crippen LogP contribution is 2.24. The number of allylic oxidation sites excluding steroid dienone is 8. The van der Waals surface area contributed by atoms with Gasteiger partial charge in [0.1, 0.15) is 11.5 Å². The average molecular weight is 489 g/mol. The lowest BCUT2D eigenvalue weighted by molar-refractivity contribution is -0.126. The van der Waals surface area contributed by atoms with Crippen LogP contribution in [-0.4, -0.2) is 29.9 Å². The first-order valence-corrected chi connectivity index (χ1v) is 12.4. The zero-order valence-electron chi connectivity index (χ0n) is 20.3. The summed E-state index contributed by atoms with van der Waals surface area (Å²) in [4.78, 5) is 15.0. The molecule has 1 unspecified atom stereocenters. The van der Waals surface area contributed by atoms with Crippen LogP contribution in [0.1, 0.15) is 47.0 Å². The van der Waals surface area contributed by atoms with Crippen molar-refractivity contribution in [1.82, 2.24) is 10.2 Å². The molecule has 180 valence electrons. The SMILES string of the molecule is C=CSC(=C)C(=O)N(CCC)CCC(C)NC1=C(O/C(C=C)=C(\Cl)C=C(C)C)CC=CC=C1. The molecule has 0 saturated heterocycles. The molecule has 0 saturated carbocycles. The molecule has 0 fully saturated rings. The number of amides is 1. The quantitative estimate of drug-likeness (QED) is 0.158. The topological polar surface area (TPSA) is 41.6 Å². The van der Waals surface area contributed by atoms with Crippen LogP contribution in [0.2, 0.25) is 0 Å². The molecule has 0 spiro atoms.